The van der Waals surface area contributed by atoms with Gasteiger partial charge in [-0.05, 0) is 36.9 Å². The molecule has 0 N–H and O–H groups in total. The first-order valence-electron chi connectivity index (χ1n) is 9.17. The predicted molar refractivity (Wildman–Crippen MR) is 113 cm³/mol. The van der Waals surface area contributed by atoms with Gasteiger partial charge >= 0.3 is 0 Å². The van der Waals surface area contributed by atoms with Crippen LogP contribution in [0.1, 0.15) is 13.8 Å². The second-order valence-corrected chi connectivity index (χ2v) is 6.85. The van der Waals surface area contributed by atoms with E-state index in [1.165, 1.54) is 33.3 Å². The maximum absolute atomic E-state index is 2.45. The molecule has 0 aromatic heterocycles. The molecule has 128 valence electrons. The van der Waals surface area contributed by atoms with Crippen LogP contribution >= 0.6 is 0 Å². The molecule has 0 heterocycles. The van der Waals surface area contributed by atoms with Gasteiger partial charge in [-0.2, -0.15) is 0 Å². The normalized spacial score (nSPS) is 11.0. The van der Waals surface area contributed by atoms with Crippen molar-refractivity contribution >= 4 is 22.1 Å². The second kappa shape index (κ2) is 7.05. The Morgan fingerprint density at radius 3 is 1.92 bits per heavy atom. The molecule has 4 aromatic carbocycles. The van der Waals surface area contributed by atoms with Crippen molar-refractivity contribution in [2.24, 2.45) is 0 Å². The lowest BCUT2D eigenvalue weighted by atomic mass is 9.96. The summed E-state index contributed by atoms with van der Waals surface area (Å²) in [7, 11) is 0. The number of hydrogen-bond acceptors (Lipinski definition) is 1. The van der Waals surface area contributed by atoms with Crippen LogP contribution in [0, 0.1) is 0 Å². The van der Waals surface area contributed by atoms with Gasteiger partial charge in [-0.3, -0.25) is 0 Å². The molecule has 0 unspecified atom stereocenters. The van der Waals surface area contributed by atoms with E-state index in [0.29, 0.717) is 6.04 Å². The van der Waals surface area contributed by atoms with Crippen LogP contribution < -0.4 is 4.90 Å². The third kappa shape index (κ3) is 2.97. The molecule has 0 radical (unpaired) electrons. The lowest BCUT2D eigenvalue weighted by Crippen LogP contribution is -2.26. The summed E-state index contributed by atoms with van der Waals surface area (Å²) in [4.78, 5) is 2.45. The van der Waals surface area contributed by atoms with Gasteiger partial charge in [0.05, 0.1) is 5.69 Å². The number of hydrogen-bond donors (Lipinski definition) is 0. The average molecular weight is 337 g/mol. The number of nitrogens with zero attached hydrogens (tertiary/aromatic N) is 1. The summed E-state index contributed by atoms with van der Waals surface area (Å²) in [6.07, 6.45) is 0. The molecule has 1 heteroatoms. The number of benzene rings is 4. The molecule has 0 amide bonds. The lowest BCUT2D eigenvalue weighted by Gasteiger charge is -2.32. The van der Waals surface area contributed by atoms with Crippen molar-refractivity contribution < 1.29 is 0 Å². The number of anilines is 2. The second-order valence-electron chi connectivity index (χ2n) is 6.85. The fraction of sp³-hybridized carbons (Fsp3) is 0.120. The van der Waals surface area contributed by atoms with Crippen LogP contribution in [0.4, 0.5) is 11.4 Å². The van der Waals surface area contributed by atoms with Crippen molar-refractivity contribution in [2.45, 2.75) is 19.9 Å². The van der Waals surface area contributed by atoms with Crippen LogP contribution in [0.25, 0.3) is 21.9 Å². The van der Waals surface area contributed by atoms with E-state index in [1.54, 1.807) is 0 Å². The van der Waals surface area contributed by atoms with E-state index < -0.39 is 0 Å². The van der Waals surface area contributed by atoms with Crippen LogP contribution in [0.2, 0.25) is 0 Å². The summed E-state index contributed by atoms with van der Waals surface area (Å²) >= 11 is 0. The number of fused-ring (bicyclic) bond motifs is 1. The monoisotopic (exact) mass is 337 g/mol. The molecule has 0 fully saturated rings. The first-order chi connectivity index (χ1) is 12.8. The highest BCUT2D eigenvalue weighted by Gasteiger charge is 2.20. The van der Waals surface area contributed by atoms with Crippen molar-refractivity contribution in [1.82, 2.24) is 0 Å². The molecule has 0 aliphatic carbocycles. The van der Waals surface area contributed by atoms with Crippen LogP contribution in [-0.4, -0.2) is 6.04 Å². The highest BCUT2D eigenvalue weighted by Crippen LogP contribution is 2.41. The van der Waals surface area contributed by atoms with Crippen molar-refractivity contribution in [3.8, 4) is 11.1 Å². The van der Waals surface area contributed by atoms with Gasteiger partial charge in [0.15, 0.2) is 0 Å². The van der Waals surface area contributed by atoms with Crippen molar-refractivity contribution in [2.75, 3.05) is 4.90 Å². The SMILES string of the molecule is CC(C)N(c1ccccc1)c1c(-c2ccccc2)ccc2ccccc12. The van der Waals surface area contributed by atoms with Crippen LogP contribution in [0.5, 0.6) is 0 Å². The van der Waals surface area contributed by atoms with Crippen molar-refractivity contribution in [1.29, 1.82) is 0 Å². The van der Waals surface area contributed by atoms with E-state index in [0.717, 1.165) is 0 Å². The minimum Gasteiger partial charge on any atom is -0.338 e. The molecular weight excluding hydrogens is 314 g/mol. The van der Waals surface area contributed by atoms with Crippen molar-refractivity contribution in [3.05, 3.63) is 97.1 Å². The van der Waals surface area contributed by atoms with E-state index in [4.69, 9.17) is 0 Å². The van der Waals surface area contributed by atoms with Gasteiger partial charge in [0.2, 0.25) is 0 Å². The Labute approximate surface area is 155 Å². The summed E-state index contributed by atoms with van der Waals surface area (Å²) in [6.45, 7) is 4.51. The van der Waals surface area contributed by atoms with E-state index >= 15 is 0 Å². The van der Waals surface area contributed by atoms with Gasteiger partial charge < -0.3 is 4.90 Å². The van der Waals surface area contributed by atoms with Gasteiger partial charge in [0.1, 0.15) is 0 Å². The summed E-state index contributed by atoms with van der Waals surface area (Å²) in [5.41, 5.74) is 5.00. The minimum absolute atomic E-state index is 0.339. The summed E-state index contributed by atoms with van der Waals surface area (Å²) < 4.78 is 0. The molecule has 1 nitrogen and oxygen atoms in total. The van der Waals surface area contributed by atoms with Gasteiger partial charge in [0, 0.05) is 22.7 Å². The summed E-state index contributed by atoms with van der Waals surface area (Å²) in [5, 5.41) is 2.55. The smallest absolute Gasteiger partial charge is 0.0572 e. The van der Waals surface area contributed by atoms with Gasteiger partial charge in [-0.15, -0.1) is 0 Å². The first-order valence-corrected chi connectivity index (χ1v) is 9.17. The highest BCUT2D eigenvalue weighted by molar-refractivity contribution is 6.03. The molecule has 0 aliphatic heterocycles. The number of rotatable bonds is 4. The fourth-order valence-electron chi connectivity index (χ4n) is 3.64. The zero-order chi connectivity index (χ0) is 17.9. The van der Waals surface area contributed by atoms with Crippen LogP contribution in [-0.2, 0) is 0 Å². The summed E-state index contributed by atoms with van der Waals surface area (Å²) in [5.74, 6) is 0. The van der Waals surface area contributed by atoms with E-state index in [9.17, 15) is 0 Å². The standard InChI is InChI=1S/C25H23N/c1-19(2)26(22-14-7-4-8-15-22)25-23-16-10-9-13-21(23)17-18-24(25)20-11-5-3-6-12-20/h3-19H,1-2H3. The molecule has 0 spiro atoms. The topological polar surface area (TPSA) is 3.24 Å². The maximum atomic E-state index is 2.45. The Kier molecular flexibility index (Phi) is 4.45. The predicted octanol–water partition coefficient (Wildman–Crippen LogP) is 7.05. The quantitative estimate of drug-likeness (QED) is 0.385. The molecule has 0 saturated carbocycles. The van der Waals surface area contributed by atoms with Crippen molar-refractivity contribution in [3.63, 3.8) is 0 Å². The Morgan fingerprint density at radius 2 is 1.23 bits per heavy atom. The fourth-order valence-corrected chi connectivity index (χ4v) is 3.64. The van der Waals surface area contributed by atoms with Gasteiger partial charge in [-0.25, -0.2) is 0 Å². The largest absolute Gasteiger partial charge is 0.338 e. The van der Waals surface area contributed by atoms with E-state index in [1.807, 2.05) is 0 Å². The zero-order valence-electron chi connectivity index (χ0n) is 15.3. The Hall–Kier alpha value is -3.06. The Morgan fingerprint density at radius 1 is 0.615 bits per heavy atom. The van der Waals surface area contributed by atoms with E-state index in [2.05, 4.69) is 116 Å². The molecule has 4 aromatic rings. The third-order valence-corrected chi connectivity index (χ3v) is 4.78. The molecule has 0 aliphatic rings. The number of para-hydroxylation sites is 1. The minimum atomic E-state index is 0.339. The van der Waals surface area contributed by atoms with Crippen LogP contribution in [0.15, 0.2) is 97.1 Å². The van der Waals surface area contributed by atoms with E-state index in [-0.39, 0.29) is 0 Å². The lowest BCUT2D eigenvalue weighted by molar-refractivity contribution is 0.792. The Balaban J connectivity index is 2.05. The molecular formula is C25H23N. The highest BCUT2D eigenvalue weighted by atomic mass is 15.2. The van der Waals surface area contributed by atoms with Gasteiger partial charge in [-0.1, -0.05) is 84.9 Å². The molecule has 26 heavy (non-hydrogen) atoms. The van der Waals surface area contributed by atoms with Gasteiger partial charge in [0.25, 0.3) is 0 Å². The average Bonchev–Trinajstić information content (AvgIpc) is 2.69. The molecule has 0 atom stereocenters. The molecule has 0 saturated heterocycles. The maximum Gasteiger partial charge on any atom is 0.0572 e. The molecule has 4 rings (SSSR count). The first kappa shape index (κ1) is 16.4. The Bertz CT molecular complexity index is 1000. The molecule has 0 bridgehead atoms. The summed E-state index contributed by atoms with van der Waals surface area (Å²) in [6, 6.07) is 34.8. The van der Waals surface area contributed by atoms with Crippen LogP contribution in [0.3, 0.4) is 0 Å². The third-order valence-electron chi connectivity index (χ3n) is 4.78. The zero-order valence-corrected chi connectivity index (χ0v) is 15.3.